The van der Waals surface area contributed by atoms with E-state index in [2.05, 4.69) is 14.9 Å². The molecule has 166 valence electrons. The van der Waals surface area contributed by atoms with Gasteiger partial charge in [-0.25, -0.2) is 8.78 Å². The maximum atomic E-state index is 14.1. The van der Waals surface area contributed by atoms with Gasteiger partial charge < -0.3 is 14.9 Å². The molecule has 4 aromatic carbocycles. The first kappa shape index (κ1) is 20.2. The molecule has 0 saturated heterocycles. The Morgan fingerprint density at radius 3 is 1.38 bits per heavy atom. The molecule has 0 radical (unpaired) electrons. The van der Waals surface area contributed by atoms with Crippen molar-refractivity contribution in [1.82, 2.24) is 9.97 Å². The molecule has 0 bridgehead atoms. The van der Waals surface area contributed by atoms with Crippen molar-refractivity contribution in [1.29, 1.82) is 0 Å². The molecule has 2 heterocycles. The standard InChI is InChI=1S/C29H21F2N3/c1-34(28-22-14-12-20(30)16-24(22)32-26(28)18-8-4-2-5-9-18)29-23-15-13-21(31)17-25(23)33-27(29)19-10-6-3-7-11-19/h2-17,32-33H,1H3. The molecule has 5 heteroatoms. The number of nitrogens with one attached hydrogen (secondary N) is 2. The quantitative estimate of drug-likeness (QED) is 0.281. The van der Waals surface area contributed by atoms with Crippen LogP contribution in [0.3, 0.4) is 0 Å². The maximum Gasteiger partial charge on any atom is 0.125 e. The number of benzene rings is 4. The lowest BCUT2D eigenvalue weighted by atomic mass is 10.1. The van der Waals surface area contributed by atoms with Gasteiger partial charge >= 0.3 is 0 Å². The van der Waals surface area contributed by atoms with Crippen LogP contribution in [0, 0.1) is 11.6 Å². The topological polar surface area (TPSA) is 34.8 Å². The third-order valence-corrected chi connectivity index (χ3v) is 6.26. The fourth-order valence-corrected chi connectivity index (χ4v) is 4.75. The van der Waals surface area contributed by atoms with Gasteiger partial charge in [-0.2, -0.15) is 0 Å². The number of hydrogen-bond acceptors (Lipinski definition) is 1. The molecule has 0 saturated carbocycles. The molecule has 0 aliphatic heterocycles. The van der Waals surface area contributed by atoms with Gasteiger partial charge in [-0.05, 0) is 36.4 Å². The number of fused-ring (bicyclic) bond motifs is 2. The number of H-pyrrole nitrogens is 2. The Morgan fingerprint density at radius 2 is 0.971 bits per heavy atom. The van der Waals surface area contributed by atoms with Gasteiger partial charge in [0.2, 0.25) is 0 Å². The predicted molar refractivity (Wildman–Crippen MR) is 135 cm³/mol. The fourth-order valence-electron chi connectivity index (χ4n) is 4.75. The third-order valence-electron chi connectivity index (χ3n) is 6.26. The molecule has 0 atom stereocenters. The Bertz CT molecular complexity index is 1510. The summed E-state index contributed by atoms with van der Waals surface area (Å²) in [6.07, 6.45) is 0. The lowest BCUT2D eigenvalue weighted by Crippen LogP contribution is -2.11. The van der Waals surface area contributed by atoms with E-state index in [1.165, 1.54) is 24.3 Å². The van der Waals surface area contributed by atoms with E-state index < -0.39 is 0 Å². The van der Waals surface area contributed by atoms with E-state index >= 15 is 0 Å². The Morgan fingerprint density at radius 1 is 0.559 bits per heavy atom. The predicted octanol–water partition coefficient (Wildman–Crippen LogP) is 8.03. The van der Waals surface area contributed by atoms with E-state index in [4.69, 9.17) is 0 Å². The van der Waals surface area contributed by atoms with Crippen molar-refractivity contribution in [3.8, 4) is 22.5 Å². The first-order valence-electron chi connectivity index (χ1n) is 11.1. The van der Waals surface area contributed by atoms with Crippen LogP contribution in [0.4, 0.5) is 20.2 Å². The van der Waals surface area contributed by atoms with Crippen molar-refractivity contribution in [3.63, 3.8) is 0 Å². The molecule has 0 unspecified atom stereocenters. The number of aromatic amines is 2. The van der Waals surface area contributed by atoms with Crippen molar-refractivity contribution < 1.29 is 8.78 Å². The van der Waals surface area contributed by atoms with Gasteiger partial charge in [0.1, 0.15) is 11.6 Å². The van der Waals surface area contributed by atoms with E-state index in [0.29, 0.717) is 11.0 Å². The number of halogens is 2. The van der Waals surface area contributed by atoms with Crippen LogP contribution in [0.1, 0.15) is 0 Å². The minimum absolute atomic E-state index is 0.296. The second-order valence-electron chi connectivity index (χ2n) is 8.37. The second kappa shape index (κ2) is 7.89. The maximum absolute atomic E-state index is 14.1. The molecule has 3 nitrogen and oxygen atoms in total. The molecule has 0 fully saturated rings. The van der Waals surface area contributed by atoms with Crippen LogP contribution >= 0.6 is 0 Å². The van der Waals surface area contributed by atoms with E-state index in [-0.39, 0.29) is 11.6 Å². The Labute approximate surface area is 195 Å². The van der Waals surface area contributed by atoms with E-state index in [1.54, 1.807) is 12.1 Å². The van der Waals surface area contributed by atoms with Gasteiger partial charge in [-0.3, -0.25) is 0 Å². The average molecular weight is 450 g/mol. The monoisotopic (exact) mass is 449 g/mol. The zero-order chi connectivity index (χ0) is 23.2. The normalized spacial score (nSPS) is 11.4. The number of aromatic nitrogens is 2. The molecular weight excluding hydrogens is 428 g/mol. The van der Waals surface area contributed by atoms with Crippen LogP contribution in [-0.4, -0.2) is 17.0 Å². The molecular formula is C29H21F2N3. The third kappa shape index (κ3) is 3.25. The van der Waals surface area contributed by atoms with Crippen molar-refractivity contribution >= 4 is 33.2 Å². The summed E-state index contributed by atoms with van der Waals surface area (Å²) in [5, 5.41) is 1.80. The summed E-state index contributed by atoms with van der Waals surface area (Å²) >= 11 is 0. The Kier molecular flexibility index (Phi) is 4.69. The SMILES string of the molecule is CN(c1c(-c2ccccc2)[nH]c2cc(F)ccc12)c1c(-c2ccccc2)[nH]c2cc(F)ccc12. The van der Waals surface area contributed by atoms with Crippen molar-refractivity contribution in [3.05, 3.63) is 109 Å². The number of anilines is 2. The van der Waals surface area contributed by atoms with Crippen LogP contribution in [0.25, 0.3) is 44.3 Å². The van der Waals surface area contributed by atoms with Gasteiger partial charge in [-0.1, -0.05) is 60.7 Å². The highest BCUT2D eigenvalue weighted by molar-refractivity contribution is 6.09. The summed E-state index contributed by atoms with van der Waals surface area (Å²) in [6.45, 7) is 0. The molecule has 0 aliphatic carbocycles. The summed E-state index contributed by atoms with van der Waals surface area (Å²) in [6, 6.07) is 29.6. The Balaban J connectivity index is 1.66. The van der Waals surface area contributed by atoms with Crippen molar-refractivity contribution in [2.75, 3.05) is 11.9 Å². The minimum Gasteiger partial charge on any atom is -0.353 e. The molecule has 0 spiro atoms. The fraction of sp³-hybridized carbons (Fsp3) is 0.0345. The highest BCUT2D eigenvalue weighted by Crippen LogP contribution is 2.46. The van der Waals surface area contributed by atoms with E-state index in [1.807, 2.05) is 67.7 Å². The summed E-state index contributed by atoms with van der Waals surface area (Å²) in [4.78, 5) is 8.97. The highest BCUT2D eigenvalue weighted by Gasteiger charge is 2.24. The number of nitrogens with zero attached hydrogens (tertiary/aromatic N) is 1. The van der Waals surface area contributed by atoms with Gasteiger partial charge in [0.15, 0.2) is 0 Å². The summed E-state index contributed by atoms with van der Waals surface area (Å²) in [7, 11) is 2.00. The average Bonchev–Trinajstić information content (AvgIpc) is 3.43. The van der Waals surface area contributed by atoms with Crippen LogP contribution in [0.15, 0.2) is 97.1 Å². The van der Waals surface area contributed by atoms with Crippen LogP contribution < -0.4 is 4.90 Å². The Hall–Kier alpha value is -4.38. The van der Waals surface area contributed by atoms with E-state index in [0.717, 1.165) is 44.7 Å². The lowest BCUT2D eigenvalue weighted by molar-refractivity contribution is 0.629. The number of rotatable bonds is 4. The molecule has 6 rings (SSSR count). The molecule has 34 heavy (non-hydrogen) atoms. The first-order valence-corrected chi connectivity index (χ1v) is 11.1. The summed E-state index contributed by atoms with van der Waals surface area (Å²) in [5.74, 6) is -0.592. The van der Waals surface area contributed by atoms with Crippen LogP contribution in [0.2, 0.25) is 0 Å². The second-order valence-corrected chi connectivity index (χ2v) is 8.37. The zero-order valence-corrected chi connectivity index (χ0v) is 18.4. The molecule has 2 N–H and O–H groups in total. The number of hydrogen-bond donors (Lipinski definition) is 2. The van der Waals surface area contributed by atoms with Gasteiger partial charge in [0.25, 0.3) is 0 Å². The largest absolute Gasteiger partial charge is 0.353 e. The zero-order valence-electron chi connectivity index (χ0n) is 18.4. The minimum atomic E-state index is -0.296. The van der Waals surface area contributed by atoms with Gasteiger partial charge in [0.05, 0.1) is 33.8 Å². The first-order chi connectivity index (χ1) is 16.6. The van der Waals surface area contributed by atoms with Gasteiger partial charge in [-0.15, -0.1) is 0 Å². The molecule has 0 amide bonds. The van der Waals surface area contributed by atoms with Crippen LogP contribution in [-0.2, 0) is 0 Å². The summed E-state index contributed by atoms with van der Waals surface area (Å²) in [5.41, 5.74) is 7.03. The van der Waals surface area contributed by atoms with E-state index in [9.17, 15) is 8.78 Å². The highest BCUT2D eigenvalue weighted by atomic mass is 19.1. The van der Waals surface area contributed by atoms with Gasteiger partial charge in [0, 0.05) is 28.9 Å². The molecule has 0 aliphatic rings. The molecule has 2 aromatic heterocycles. The molecule has 6 aromatic rings. The smallest absolute Gasteiger partial charge is 0.125 e. The lowest BCUT2D eigenvalue weighted by Gasteiger charge is -2.22. The van der Waals surface area contributed by atoms with Crippen molar-refractivity contribution in [2.45, 2.75) is 0 Å². The van der Waals surface area contributed by atoms with Crippen LogP contribution in [0.5, 0.6) is 0 Å². The van der Waals surface area contributed by atoms with Crippen molar-refractivity contribution in [2.24, 2.45) is 0 Å². The summed E-state index contributed by atoms with van der Waals surface area (Å²) < 4.78 is 28.2.